The SMILES string of the molecule is Cc1ccccc1C1(O)CCN(CCCn2c3ccccc3c3ccccc32)CC1.Cl. The minimum Gasteiger partial charge on any atom is -0.385 e. The van der Waals surface area contributed by atoms with Crippen LogP contribution in [0.15, 0.2) is 72.8 Å². The van der Waals surface area contributed by atoms with Crippen LogP contribution < -0.4 is 0 Å². The van der Waals surface area contributed by atoms with E-state index in [0.717, 1.165) is 51.0 Å². The molecule has 3 nitrogen and oxygen atoms in total. The van der Waals surface area contributed by atoms with Gasteiger partial charge in [0.2, 0.25) is 0 Å². The van der Waals surface area contributed by atoms with Crippen LogP contribution in [0.5, 0.6) is 0 Å². The number of piperidine rings is 1. The van der Waals surface area contributed by atoms with E-state index in [1.165, 1.54) is 27.4 Å². The normalized spacial score (nSPS) is 16.5. The zero-order chi connectivity index (χ0) is 20.6. The summed E-state index contributed by atoms with van der Waals surface area (Å²) in [6.07, 6.45) is 2.74. The molecule has 0 aliphatic carbocycles. The monoisotopic (exact) mass is 434 g/mol. The Labute approximate surface area is 190 Å². The van der Waals surface area contributed by atoms with Crippen LogP contribution in [-0.4, -0.2) is 34.2 Å². The van der Waals surface area contributed by atoms with Gasteiger partial charge in [0.25, 0.3) is 0 Å². The average Bonchev–Trinajstić information content (AvgIpc) is 3.10. The number of nitrogens with zero attached hydrogens (tertiary/aromatic N) is 2. The molecule has 2 heterocycles. The molecule has 0 saturated carbocycles. The van der Waals surface area contributed by atoms with Gasteiger partial charge in [0.1, 0.15) is 0 Å². The number of hydrogen-bond donors (Lipinski definition) is 1. The number of aryl methyl sites for hydroxylation is 2. The molecule has 0 bridgehead atoms. The number of halogens is 1. The lowest BCUT2D eigenvalue weighted by Crippen LogP contribution is -2.43. The van der Waals surface area contributed by atoms with Crippen molar-refractivity contribution >= 4 is 34.2 Å². The Hall–Kier alpha value is -2.33. The van der Waals surface area contributed by atoms with E-state index in [2.05, 4.69) is 77.1 Å². The first-order valence-electron chi connectivity index (χ1n) is 11.1. The van der Waals surface area contributed by atoms with E-state index in [1.807, 2.05) is 12.1 Å². The molecule has 1 N–H and O–H groups in total. The first-order chi connectivity index (χ1) is 14.7. The van der Waals surface area contributed by atoms with E-state index in [1.54, 1.807) is 0 Å². The molecule has 0 spiro atoms. The van der Waals surface area contributed by atoms with E-state index in [4.69, 9.17) is 0 Å². The van der Waals surface area contributed by atoms with Crippen molar-refractivity contribution in [3.8, 4) is 0 Å². The Balaban J connectivity index is 0.00000231. The third-order valence-electron chi connectivity index (χ3n) is 6.87. The molecule has 1 aliphatic rings. The van der Waals surface area contributed by atoms with Gasteiger partial charge >= 0.3 is 0 Å². The van der Waals surface area contributed by atoms with Gasteiger partial charge in [-0.3, -0.25) is 0 Å². The van der Waals surface area contributed by atoms with Crippen molar-refractivity contribution in [2.75, 3.05) is 19.6 Å². The van der Waals surface area contributed by atoms with Crippen molar-refractivity contribution in [2.45, 2.75) is 38.3 Å². The third kappa shape index (κ3) is 4.10. The first-order valence-corrected chi connectivity index (χ1v) is 11.1. The minimum atomic E-state index is -0.672. The largest absolute Gasteiger partial charge is 0.385 e. The highest BCUT2D eigenvalue weighted by Gasteiger charge is 2.34. The van der Waals surface area contributed by atoms with Gasteiger partial charge in [-0.2, -0.15) is 0 Å². The molecule has 1 fully saturated rings. The molecule has 162 valence electrons. The zero-order valence-corrected chi connectivity index (χ0v) is 18.9. The van der Waals surface area contributed by atoms with Crippen LogP contribution in [0.2, 0.25) is 0 Å². The summed E-state index contributed by atoms with van der Waals surface area (Å²) < 4.78 is 2.47. The van der Waals surface area contributed by atoms with Crippen molar-refractivity contribution in [2.24, 2.45) is 0 Å². The van der Waals surface area contributed by atoms with Gasteiger partial charge in [0, 0.05) is 41.4 Å². The predicted octanol–water partition coefficient (Wildman–Crippen LogP) is 5.90. The summed E-state index contributed by atoms with van der Waals surface area (Å²) in [5.41, 5.74) is 4.28. The van der Waals surface area contributed by atoms with Crippen molar-refractivity contribution in [3.05, 3.63) is 83.9 Å². The van der Waals surface area contributed by atoms with E-state index in [9.17, 15) is 5.11 Å². The van der Waals surface area contributed by atoms with Crippen molar-refractivity contribution in [3.63, 3.8) is 0 Å². The number of rotatable bonds is 5. The Morgan fingerprint density at radius 3 is 1.94 bits per heavy atom. The van der Waals surface area contributed by atoms with Gasteiger partial charge < -0.3 is 14.6 Å². The Morgan fingerprint density at radius 1 is 0.774 bits per heavy atom. The first kappa shape index (κ1) is 21.9. The van der Waals surface area contributed by atoms with Gasteiger partial charge in [-0.15, -0.1) is 12.4 Å². The van der Waals surface area contributed by atoms with E-state index >= 15 is 0 Å². The molecule has 0 radical (unpaired) electrons. The lowest BCUT2D eigenvalue weighted by atomic mass is 9.82. The van der Waals surface area contributed by atoms with Gasteiger partial charge in [0.05, 0.1) is 5.60 Å². The maximum atomic E-state index is 11.2. The number of likely N-dealkylation sites (tertiary alicyclic amines) is 1. The Bertz CT molecular complexity index is 1120. The standard InChI is InChI=1S/C27H30N2O.ClH/c1-21-9-2-5-12-24(21)27(30)15-19-28(20-16-27)17-8-18-29-25-13-6-3-10-22(25)23-11-4-7-14-26(23)29;/h2-7,9-14,30H,8,15-20H2,1H3;1H. The van der Waals surface area contributed by atoms with E-state index in [0.29, 0.717) is 0 Å². The summed E-state index contributed by atoms with van der Waals surface area (Å²) in [5.74, 6) is 0. The summed E-state index contributed by atoms with van der Waals surface area (Å²) >= 11 is 0. The van der Waals surface area contributed by atoms with Gasteiger partial charge in [-0.25, -0.2) is 0 Å². The summed E-state index contributed by atoms with van der Waals surface area (Å²) in [7, 11) is 0. The second kappa shape index (κ2) is 9.04. The highest BCUT2D eigenvalue weighted by atomic mass is 35.5. The van der Waals surface area contributed by atoms with Crippen LogP contribution in [0, 0.1) is 6.92 Å². The zero-order valence-electron chi connectivity index (χ0n) is 18.1. The van der Waals surface area contributed by atoms with Crippen LogP contribution in [0.4, 0.5) is 0 Å². The summed E-state index contributed by atoms with van der Waals surface area (Å²) in [5, 5.41) is 13.9. The number of benzene rings is 3. The molecule has 1 saturated heterocycles. The molecule has 31 heavy (non-hydrogen) atoms. The van der Waals surface area contributed by atoms with Crippen LogP contribution in [-0.2, 0) is 12.1 Å². The van der Waals surface area contributed by atoms with Gasteiger partial charge in [-0.1, -0.05) is 60.7 Å². The van der Waals surface area contributed by atoms with Crippen LogP contribution in [0.25, 0.3) is 21.8 Å². The molecule has 1 aromatic heterocycles. The third-order valence-corrected chi connectivity index (χ3v) is 6.87. The lowest BCUT2D eigenvalue weighted by Gasteiger charge is -2.39. The number of para-hydroxylation sites is 2. The molecular weight excluding hydrogens is 404 g/mol. The fraction of sp³-hybridized carbons (Fsp3) is 0.333. The van der Waals surface area contributed by atoms with Crippen molar-refractivity contribution in [1.29, 1.82) is 0 Å². The van der Waals surface area contributed by atoms with E-state index < -0.39 is 5.60 Å². The smallest absolute Gasteiger partial charge is 0.0923 e. The second-order valence-corrected chi connectivity index (χ2v) is 8.73. The van der Waals surface area contributed by atoms with E-state index in [-0.39, 0.29) is 12.4 Å². The molecule has 4 heteroatoms. The Kier molecular flexibility index (Phi) is 6.38. The molecule has 4 aromatic rings. The van der Waals surface area contributed by atoms with Crippen molar-refractivity contribution in [1.82, 2.24) is 9.47 Å². The summed E-state index contributed by atoms with van der Waals surface area (Å²) in [6, 6.07) is 25.7. The van der Waals surface area contributed by atoms with Crippen LogP contribution in [0.3, 0.4) is 0 Å². The van der Waals surface area contributed by atoms with Crippen LogP contribution in [0.1, 0.15) is 30.4 Å². The minimum absolute atomic E-state index is 0. The summed E-state index contributed by atoms with van der Waals surface area (Å²) in [4.78, 5) is 2.51. The lowest BCUT2D eigenvalue weighted by molar-refractivity contribution is -0.0266. The topological polar surface area (TPSA) is 28.4 Å². The second-order valence-electron chi connectivity index (χ2n) is 8.73. The number of aromatic nitrogens is 1. The highest BCUT2D eigenvalue weighted by Crippen LogP contribution is 2.35. The molecular formula is C27H31ClN2O. The maximum absolute atomic E-state index is 11.2. The fourth-order valence-electron chi connectivity index (χ4n) is 5.21. The van der Waals surface area contributed by atoms with Gasteiger partial charge in [0.15, 0.2) is 0 Å². The van der Waals surface area contributed by atoms with Crippen molar-refractivity contribution < 1.29 is 5.11 Å². The number of fused-ring (bicyclic) bond motifs is 3. The average molecular weight is 435 g/mol. The van der Waals surface area contributed by atoms with Gasteiger partial charge in [-0.05, 0) is 56.0 Å². The molecule has 5 rings (SSSR count). The predicted molar refractivity (Wildman–Crippen MR) is 132 cm³/mol. The highest BCUT2D eigenvalue weighted by molar-refractivity contribution is 6.07. The number of aliphatic hydroxyl groups is 1. The molecule has 0 atom stereocenters. The summed E-state index contributed by atoms with van der Waals surface area (Å²) in [6.45, 7) is 6.11. The molecule has 3 aromatic carbocycles. The molecule has 1 aliphatic heterocycles. The Morgan fingerprint density at radius 2 is 1.32 bits per heavy atom. The maximum Gasteiger partial charge on any atom is 0.0923 e. The molecule has 0 amide bonds. The van der Waals surface area contributed by atoms with Crippen LogP contribution >= 0.6 is 12.4 Å². The quantitative estimate of drug-likeness (QED) is 0.423. The fourth-order valence-corrected chi connectivity index (χ4v) is 5.21. The molecule has 0 unspecified atom stereocenters. The number of hydrogen-bond acceptors (Lipinski definition) is 2.